The molecule has 0 saturated carbocycles. The van der Waals surface area contributed by atoms with Crippen molar-refractivity contribution < 1.29 is 4.42 Å². The van der Waals surface area contributed by atoms with Crippen molar-refractivity contribution in [3.8, 4) is 11.1 Å². The minimum Gasteiger partial charge on any atom is -0.456 e. The lowest BCUT2D eigenvalue weighted by atomic mass is 9.83. The van der Waals surface area contributed by atoms with Crippen LogP contribution in [0.25, 0.3) is 71.0 Å². The number of rotatable bonds is 6. The molecule has 252 valence electrons. The Kier molecular flexibility index (Phi) is 7.78. The highest BCUT2D eigenvalue weighted by Gasteiger charge is 2.18. The smallest absolute Gasteiger partial charge is 0.135 e. The van der Waals surface area contributed by atoms with Gasteiger partial charge in [-0.2, -0.15) is 0 Å². The Balaban J connectivity index is 1.05. The van der Waals surface area contributed by atoms with Crippen LogP contribution in [0.4, 0.5) is 0 Å². The Morgan fingerprint density at radius 1 is 0.585 bits per heavy atom. The molecule has 1 aliphatic carbocycles. The van der Waals surface area contributed by atoms with Crippen molar-refractivity contribution in [2.24, 2.45) is 0 Å². The fraction of sp³-hybridized carbons (Fsp3) is 0.0588. The van der Waals surface area contributed by atoms with Crippen molar-refractivity contribution in [3.63, 3.8) is 0 Å². The van der Waals surface area contributed by atoms with Gasteiger partial charge in [0.25, 0.3) is 0 Å². The zero-order chi connectivity index (χ0) is 35.3. The van der Waals surface area contributed by atoms with E-state index < -0.39 is 0 Å². The molecule has 0 N–H and O–H groups in total. The van der Waals surface area contributed by atoms with Crippen LogP contribution < -0.4 is 10.4 Å². The zero-order valence-electron chi connectivity index (χ0n) is 29.3. The summed E-state index contributed by atoms with van der Waals surface area (Å²) in [5.41, 5.74) is 13.3. The van der Waals surface area contributed by atoms with Gasteiger partial charge < -0.3 is 4.42 Å². The highest BCUT2D eigenvalue weighted by atomic mass is 32.1. The summed E-state index contributed by atoms with van der Waals surface area (Å²) < 4.78 is 8.83. The number of benzene rings is 7. The molecule has 53 heavy (non-hydrogen) atoms. The van der Waals surface area contributed by atoms with Gasteiger partial charge in [-0.05, 0) is 116 Å². The standard InChI is InChI=1S/C51H36OS/c1-33-12-2-4-18-41(33)51(40-17-11-16-36(30-40)37-24-26-48-45(31-37)43-20-6-8-22-47(43)52-48)42-19-5-3-14-39(42)29-34-13-10-15-35(28-34)38-25-27-50-46(32-38)44-21-7-9-23-49(44)53-50/h2-10,12-16,18-28,30-32H,1,11,17,29H2/b51-41-. The van der Waals surface area contributed by atoms with Gasteiger partial charge in [0.05, 0.1) is 0 Å². The van der Waals surface area contributed by atoms with Gasteiger partial charge in [0.15, 0.2) is 0 Å². The summed E-state index contributed by atoms with van der Waals surface area (Å²) in [4.78, 5) is 0. The number of furan rings is 1. The number of thiophene rings is 1. The SMILES string of the molecule is C=c1cccc/c1=C(\C1=CC(c2ccc3oc4ccccc4c3c2)=CCC1)c1ccccc1Cc1cccc(-c2ccc3sc4ccccc4c3c2)c1. The number of para-hydroxylation sites is 1. The Hall–Kier alpha value is -6.22. The van der Waals surface area contributed by atoms with E-state index >= 15 is 0 Å². The molecule has 0 atom stereocenters. The second-order valence-electron chi connectivity index (χ2n) is 14.1. The topological polar surface area (TPSA) is 13.1 Å². The van der Waals surface area contributed by atoms with Crippen LogP contribution in [0.15, 0.2) is 180 Å². The van der Waals surface area contributed by atoms with Crippen LogP contribution in [-0.2, 0) is 6.42 Å². The fourth-order valence-electron chi connectivity index (χ4n) is 8.17. The molecule has 0 unspecified atom stereocenters. The zero-order valence-corrected chi connectivity index (χ0v) is 30.1. The van der Waals surface area contributed by atoms with E-state index in [9.17, 15) is 0 Å². The van der Waals surface area contributed by atoms with Gasteiger partial charge in [-0.1, -0.05) is 140 Å². The van der Waals surface area contributed by atoms with E-state index in [2.05, 4.69) is 164 Å². The van der Waals surface area contributed by atoms with Crippen molar-refractivity contribution >= 4 is 71.2 Å². The van der Waals surface area contributed by atoms with E-state index in [1.54, 1.807) is 0 Å². The van der Waals surface area contributed by atoms with Gasteiger partial charge in [0.1, 0.15) is 11.2 Å². The van der Waals surface area contributed by atoms with E-state index in [4.69, 9.17) is 4.42 Å². The molecule has 0 fully saturated rings. The van der Waals surface area contributed by atoms with Gasteiger partial charge >= 0.3 is 0 Å². The third-order valence-corrected chi connectivity index (χ3v) is 11.9. The van der Waals surface area contributed by atoms with E-state index in [-0.39, 0.29) is 0 Å². The van der Waals surface area contributed by atoms with Gasteiger partial charge in [-0.25, -0.2) is 0 Å². The predicted octanol–water partition coefficient (Wildman–Crippen LogP) is 12.6. The molecule has 2 aromatic heterocycles. The van der Waals surface area contributed by atoms with Crippen LogP contribution in [0, 0.1) is 0 Å². The monoisotopic (exact) mass is 696 g/mol. The van der Waals surface area contributed by atoms with Crippen molar-refractivity contribution in [2.45, 2.75) is 19.3 Å². The van der Waals surface area contributed by atoms with Crippen LogP contribution in [-0.4, -0.2) is 0 Å². The Labute approximate surface area is 312 Å². The van der Waals surface area contributed by atoms with E-state index in [1.807, 2.05) is 23.5 Å². The summed E-state index contributed by atoms with van der Waals surface area (Å²) in [6.45, 7) is 4.52. The summed E-state index contributed by atoms with van der Waals surface area (Å²) >= 11 is 1.87. The average molecular weight is 697 g/mol. The summed E-state index contributed by atoms with van der Waals surface area (Å²) in [6.07, 6.45) is 7.57. The molecule has 10 rings (SSSR count). The van der Waals surface area contributed by atoms with Crippen LogP contribution >= 0.6 is 11.3 Å². The lowest BCUT2D eigenvalue weighted by Crippen LogP contribution is -2.27. The van der Waals surface area contributed by atoms with E-state index in [1.165, 1.54) is 75.5 Å². The number of hydrogen-bond acceptors (Lipinski definition) is 2. The molecule has 9 aromatic rings. The number of hydrogen-bond donors (Lipinski definition) is 0. The molecule has 0 spiro atoms. The second kappa shape index (κ2) is 13.1. The first-order valence-electron chi connectivity index (χ1n) is 18.4. The highest BCUT2D eigenvalue weighted by molar-refractivity contribution is 7.25. The van der Waals surface area contributed by atoms with Gasteiger partial charge in [0, 0.05) is 30.9 Å². The third-order valence-electron chi connectivity index (χ3n) is 10.7. The highest BCUT2D eigenvalue weighted by Crippen LogP contribution is 2.38. The largest absolute Gasteiger partial charge is 0.456 e. The molecule has 0 amide bonds. The first kappa shape index (κ1) is 31.5. The normalized spacial score (nSPS) is 13.8. The quantitative estimate of drug-likeness (QED) is 0.169. The molecule has 2 heteroatoms. The van der Waals surface area contributed by atoms with Crippen molar-refractivity contribution in [1.29, 1.82) is 0 Å². The second-order valence-corrected chi connectivity index (χ2v) is 15.1. The maximum atomic E-state index is 6.16. The Bertz CT molecular complexity index is 3060. The van der Waals surface area contributed by atoms with Gasteiger partial charge in [-0.15, -0.1) is 11.3 Å². The molecule has 7 aromatic carbocycles. The average Bonchev–Trinajstić information content (AvgIpc) is 3.77. The van der Waals surface area contributed by atoms with E-state index in [0.29, 0.717) is 0 Å². The maximum absolute atomic E-state index is 6.16. The Morgan fingerprint density at radius 3 is 2.26 bits per heavy atom. The minimum atomic E-state index is 0.830. The Morgan fingerprint density at radius 2 is 1.32 bits per heavy atom. The van der Waals surface area contributed by atoms with Gasteiger partial charge in [-0.3, -0.25) is 0 Å². The fourth-order valence-corrected chi connectivity index (χ4v) is 9.25. The number of allylic oxidation sites excluding steroid dienone is 4. The summed E-state index contributed by atoms with van der Waals surface area (Å²) in [6, 6.07) is 57.2. The lowest BCUT2D eigenvalue weighted by molar-refractivity contribution is 0.669. The molecule has 0 radical (unpaired) electrons. The minimum absolute atomic E-state index is 0.830. The van der Waals surface area contributed by atoms with Crippen molar-refractivity contribution in [2.75, 3.05) is 0 Å². The summed E-state index contributed by atoms with van der Waals surface area (Å²) in [5, 5.41) is 7.20. The molecule has 1 nitrogen and oxygen atoms in total. The molecule has 1 aliphatic rings. The van der Waals surface area contributed by atoms with Crippen LogP contribution in [0.2, 0.25) is 0 Å². The molecule has 2 heterocycles. The van der Waals surface area contributed by atoms with Gasteiger partial charge in [0.2, 0.25) is 0 Å². The lowest BCUT2D eigenvalue weighted by Gasteiger charge is -2.21. The van der Waals surface area contributed by atoms with Crippen LogP contribution in [0.3, 0.4) is 0 Å². The van der Waals surface area contributed by atoms with Crippen molar-refractivity contribution in [1.82, 2.24) is 0 Å². The molecule has 0 saturated heterocycles. The first-order valence-corrected chi connectivity index (χ1v) is 19.2. The summed E-state index contributed by atoms with van der Waals surface area (Å²) in [7, 11) is 0. The van der Waals surface area contributed by atoms with E-state index in [0.717, 1.165) is 46.4 Å². The van der Waals surface area contributed by atoms with Crippen LogP contribution in [0.5, 0.6) is 0 Å². The third kappa shape index (κ3) is 5.73. The molecular weight excluding hydrogens is 661 g/mol. The van der Waals surface area contributed by atoms with Crippen LogP contribution in [0.1, 0.15) is 35.1 Å². The first-order chi connectivity index (χ1) is 26.2. The predicted molar refractivity (Wildman–Crippen MR) is 227 cm³/mol. The summed E-state index contributed by atoms with van der Waals surface area (Å²) in [5.74, 6) is 0. The number of fused-ring (bicyclic) bond motifs is 6. The van der Waals surface area contributed by atoms with Crippen molar-refractivity contribution in [3.05, 3.63) is 208 Å². The molecular formula is C51H36OS. The molecule has 0 aliphatic heterocycles. The molecule has 0 bridgehead atoms. The maximum Gasteiger partial charge on any atom is 0.135 e.